The number of anilines is 2. The van der Waals surface area contributed by atoms with Gasteiger partial charge in [0.05, 0.1) is 12.2 Å². The average molecular weight is 468 g/mol. The van der Waals surface area contributed by atoms with Crippen LogP contribution in [-0.2, 0) is 22.6 Å². The highest BCUT2D eigenvalue weighted by Gasteiger charge is 2.17. The number of hydrogen-bond donors (Lipinski definition) is 2. The van der Waals surface area contributed by atoms with Gasteiger partial charge in [-0.25, -0.2) is 4.39 Å². The largest absolute Gasteiger partial charge is 0.326 e. The Bertz CT molecular complexity index is 1150. The fraction of sp³-hybridized carbons (Fsp3) is 0.250. The van der Waals surface area contributed by atoms with Crippen molar-refractivity contribution in [2.45, 2.75) is 38.9 Å². The standard InChI is InChI=1S/C24H26FN5O2S/c1-5-10-30-20(13-21(31)26-19-8-6-18(25)7-9-19)28-29-24(30)33-14-22(32)27-23-16(3)11-15(2)12-17(23)4/h5-9,11-12H,1,10,13-14H2,2-4H3,(H,26,31)(H,27,32). The topological polar surface area (TPSA) is 88.9 Å². The minimum absolute atomic E-state index is 0.0211. The van der Waals surface area contributed by atoms with Crippen LogP contribution < -0.4 is 10.6 Å². The molecule has 33 heavy (non-hydrogen) atoms. The molecule has 0 aliphatic rings. The van der Waals surface area contributed by atoms with Gasteiger partial charge in [0.15, 0.2) is 5.16 Å². The lowest BCUT2D eigenvalue weighted by atomic mass is 10.1. The lowest BCUT2D eigenvalue weighted by Crippen LogP contribution is -2.18. The van der Waals surface area contributed by atoms with Gasteiger partial charge in [0.25, 0.3) is 0 Å². The molecule has 0 fully saturated rings. The SMILES string of the molecule is C=CCn1c(CC(=O)Nc2ccc(F)cc2)nnc1SCC(=O)Nc1c(C)cc(C)cc1C. The van der Waals surface area contributed by atoms with Crippen LogP contribution in [0.4, 0.5) is 15.8 Å². The molecule has 0 aliphatic carbocycles. The molecule has 2 N–H and O–H groups in total. The summed E-state index contributed by atoms with van der Waals surface area (Å²) >= 11 is 1.24. The summed E-state index contributed by atoms with van der Waals surface area (Å²) in [4.78, 5) is 25.0. The van der Waals surface area contributed by atoms with E-state index in [1.807, 2.05) is 32.9 Å². The van der Waals surface area contributed by atoms with E-state index in [-0.39, 0.29) is 29.8 Å². The molecular formula is C24H26FN5O2S. The molecule has 0 saturated carbocycles. The van der Waals surface area contributed by atoms with E-state index in [9.17, 15) is 14.0 Å². The fourth-order valence-corrected chi connectivity index (χ4v) is 4.20. The van der Waals surface area contributed by atoms with Crippen molar-refractivity contribution in [3.8, 4) is 0 Å². The molecule has 0 bridgehead atoms. The number of rotatable bonds is 9. The summed E-state index contributed by atoms with van der Waals surface area (Å²) in [5.74, 6) is -0.249. The van der Waals surface area contributed by atoms with Gasteiger partial charge in [0, 0.05) is 17.9 Å². The number of halogens is 1. The van der Waals surface area contributed by atoms with Crippen LogP contribution in [0.25, 0.3) is 0 Å². The molecule has 0 spiro atoms. The maximum absolute atomic E-state index is 13.0. The number of carbonyl (C=O) groups excluding carboxylic acids is 2. The highest BCUT2D eigenvalue weighted by atomic mass is 32.2. The molecule has 1 aromatic heterocycles. The second-order valence-electron chi connectivity index (χ2n) is 7.64. The zero-order valence-corrected chi connectivity index (χ0v) is 19.6. The maximum atomic E-state index is 13.0. The fourth-order valence-electron chi connectivity index (χ4n) is 3.43. The molecule has 0 saturated heterocycles. The number of carbonyl (C=O) groups is 2. The van der Waals surface area contributed by atoms with E-state index >= 15 is 0 Å². The predicted molar refractivity (Wildman–Crippen MR) is 129 cm³/mol. The Morgan fingerprint density at radius 3 is 2.36 bits per heavy atom. The summed E-state index contributed by atoms with van der Waals surface area (Å²) in [7, 11) is 0. The third-order valence-corrected chi connectivity index (χ3v) is 5.79. The Balaban J connectivity index is 1.64. The molecule has 1 heterocycles. The summed E-state index contributed by atoms with van der Waals surface area (Å²) < 4.78 is 14.8. The Hall–Kier alpha value is -3.46. The van der Waals surface area contributed by atoms with Crippen LogP contribution in [0, 0.1) is 26.6 Å². The quantitative estimate of drug-likeness (QED) is 0.359. The summed E-state index contributed by atoms with van der Waals surface area (Å²) in [6.07, 6.45) is 1.65. The van der Waals surface area contributed by atoms with Crippen molar-refractivity contribution in [3.63, 3.8) is 0 Å². The molecular weight excluding hydrogens is 441 g/mol. The van der Waals surface area contributed by atoms with Gasteiger partial charge in [-0.2, -0.15) is 0 Å². The number of nitrogens with one attached hydrogen (secondary N) is 2. The third-order valence-electron chi connectivity index (χ3n) is 4.83. The summed E-state index contributed by atoms with van der Waals surface area (Å²) in [6, 6.07) is 9.57. The maximum Gasteiger partial charge on any atom is 0.234 e. The van der Waals surface area contributed by atoms with Crippen molar-refractivity contribution < 1.29 is 14.0 Å². The number of aryl methyl sites for hydroxylation is 3. The number of amides is 2. The normalized spacial score (nSPS) is 10.7. The Morgan fingerprint density at radius 1 is 1.06 bits per heavy atom. The molecule has 2 amide bonds. The van der Waals surface area contributed by atoms with Gasteiger partial charge in [-0.15, -0.1) is 16.8 Å². The van der Waals surface area contributed by atoms with Crippen LogP contribution in [0.5, 0.6) is 0 Å². The van der Waals surface area contributed by atoms with E-state index in [1.54, 1.807) is 10.6 Å². The van der Waals surface area contributed by atoms with Crippen molar-refractivity contribution >= 4 is 35.0 Å². The third kappa shape index (κ3) is 6.52. The van der Waals surface area contributed by atoms with Crippen molar-refractivity contribution in [3.05, 3.63) is 77.4 Å². The molecule has 2 aromatic carbocycles. The van der Waals surface area contributed by atoms with Crippen LogP contribution in [0.3, 0.4) is 0 Å². The van der Waals surface area contributed by atoms with Crippen molar-refractivity contribution in [1.29, 1.82) is 0 Å². The monoisotopic (exact) mass is 467 g/mol. The highest BCUT2D eigenvalue weighted by molar-refractivity contribution is 7.99. The smallest absolute Gasteiger partial charge is 0.234 e. The molecule has 0 atom stereocenters. The van der Waals surface area contributed by atoms with Crippen LogP contribution in [0.1, 0.15) is 22.5 Å². The lowest BCUT2D eigenvalue weighted by Gasteiger charge is -2.13. The van der Waals surface area contributed by atoms with E-state index < -0.39 is 0 Å². The van der Waals surface area contributed by atoms with Gasteiger partial charge >= 0.3 is 0 Å². The molecule has 0 radical (unpaired) electrons. The first-order chi connectivity index (χ1) is 15.8. The first-order valence-electron chi connectivity index (χ1n) is 10.4. The minimum atomic E-state index is -0.378. The zero-order valence-electron chi connectivity index (χ0n) is 18.8. The van der Waals surface area contributed by atoms with E-state index in [0.717, 1.165) is 22.4 Å². The Kier molecular flexibility index (Phi) is 8.00. The van der Waals surface area contributed by atoms with Gasteiger partial charge in [0.2, 0.25) is 11.8 Å². The number of nitrogens with zero attached hydrogens (tertiary/aromatic N) is 3. The van der Waals surface area contributed by atoms with Gasteiger partial charge in [-0.1, -0.05) is 35.5 Å². The van der Waals surface area contributed by atoms with Gasteiger partial charge in [-0.3, -0.25) is 9.59 Å². The Morgan fingerprint density at radius 2 is 1.73 bits per heavy atom. The van der Waals surface area contributed by atoms with E-state index in [4.69, 9.17) is 0 Å². The van der Waals surface area contributed by atoms with Gasteiger partial charge in [0.1, 0.15) is 11.6 Å². The van der Waals surface area contributed by atoms with E-state index in [0.29, 0.717) is 23.2 Å². The number of aromatic nitrogens is 3. The van der Waals surface area contributed by atoms with Crippen molar-refractivity contribution in [1.82, 2.24) is 14.8 Å². The molecule has 9 heteroatoms. The molecule has 3 aromatic rings. The van der Waals surface area contributed by atoms with Crippen molar-refractivity contribution in [2.75, 3.05) is 16.4 Å². The second kappa shape index (κ2) is 10.9. The zero-order chi connectivity index (χ0) is 24.0. The molecule has 7 nitrogen and oxygen atoms in total. The number of thioether (sulfide) groups is 1. The van der Waals surface area contributed by atoms with Crippen LogP contribution >= 0.6 is 11.8 Å². The molecule has 0 unspecified atom stereocenters. The van der Waals surface area contributed by atoms with Crippen LogP contribution in [0.15, 0.2) is 54.2 Å². The van der Waals surface area contributed by atoms with Gasteiger partial charge in [-0.05, 0) is 56.2 Å². The second-order valence-corrected chi connectivity index (χ2v) is 8.58. The number of hydrogen-bond acceptors (Lipinski definition) is 5. The summed E-state index contributed by atoms with van der Waals surface area (Å²) in [6.45, 7) is 10.1. The van der Waals surface area contributed by atoms with Crippen molar-refractivity contribution in [2.24, 2.45) is 0 Å². The van der Waals surface area contributed by atoms with Gasteiger partial charge < -0.3 is 15.2 Å². The van der Waals surface area contributed by atoms with Crippen LogP contribution in [-0.4, -0.2) is 32.3 Å². The summed E-state index contributed by atoms with van der Waals surface area (Å²) in [5.41, 5.74) is 4.47. The Labute approximate surface area is 196 Å². The first kappa shape index (κ1) is 24.2. The van der Waals surface area contributed by atoms with E-state index in [2.05, 4.69) is 27.4 Å². The van der Waals surface area contributed by atoms with Crippen LogP contribution in [0.2, 0.25) is 0 Å². The predicted octanol–water partition coefficient (Wildman–Crippen LogP) is 4.44. The molecule has 3 rings (SSSR count). The first-order valence-corrected chi connectivity index (χ1v) is 11.3. The summed E-state index contributed by atoms with van der Waals surface area (Å²) in [5, 5.41) is 14.5. The molecule has 172 valence electrons. The molecule has 0 aliphatic heterocycles. The number of allylic oxidation sites excluding steroid dienone is 1. The minimum Gasteiger partial charge on any atom is -0.326 e. The highest BCUT2D eigenvalue weighted by Crippen LogP contribution is 2.23. The average Bonchev–Trinajstić information content (AvgIpc) is 3.12. The van der Waals surface area contributed by atoms with E-state index in [1.165, 1.54) is 36.0 Å². The lowest BCUT2D eigenvalue weighted by molar-refractivity contribution is -0.116. The number of benzene rings is 2.